The Morgan fingerprint density at radius 1 is 1.25 bits per heavy atom. The molecule has 0 amide bonds. The van der Waals surface area contributed by atoms with Crippen molar-refractivity contribution in [2.24, 2.45) is 5.10 Å². The van der Waals surface area contributed by atoms with Crippen molar-refractivity contribution < 1.29 is 4.74 Å². The molecule has 0 saturated heterocycles. The van der Waals surface area contributed by atoms with Gasteiger partial charge in [-0.05, 0) is 64.3 Å². The Bertz CT molecular complexity index is 1110. The van der Waals surface area contributed by atoms with Crippen LogP contribution in [0.2, 0.25) is 0 Å². The molecule has 3 aromatic rings. The second-order valence-electron chi connectivity index (χ2n) is 6.09. The summed E-state index contributed by atoms with van der Waals surface area (Å²) >= 11 is 6.90. The summed E-state index contributed by atoms with van der Waals surface area (Å²) in [6.07, 6.45) is 4.87. The minimum Gasteiger partial charge on any atom is -0.488 e. The van der Waals surface area contributed by atoms with E-state index in [1.54, 1.807) is 18.4 Å². The van der Waals surface area contributed by atoms with Gasteiger partial charge in [-0.2, -0.15) is 9.78 Å². The summed E-state index contributed by atoms with van der Waals surface area (Å²) < 4.78 is 8.57. The molecule has 0 N–H and O–H groups in total. The molecule has 0 radical (unpaired) electrons. The molecule has 28 heavy (non-hydrogen) atoms. The molecular weight excluding hydrogens is 486 g/mol. The molecule has 1 aromatic heterocycles. The fraction of sp³-hybridized carbons (Fsp3) is 0.190. The van der Waals surface area contributed by atoms with Gasteiger partial charge >= 0.3 is 0 Å². The predicted molar refractivity (Wildman–Crippen MR) is 121 cm³/mol. The van der Waals surface area contributed by atoms with E-state index < -0.39 is 0 Å². The van der Waals surface area contributed by atoms with Crippen molar-refractivity contribution in [1.29, 1.82) is 0 Å². The fourth-order valence-corrected chi connectivity index (χ4v) is 3.56. The average Bonchev–Trinajstić information content (AvgIpc) is 2.68. The van der Waals surface area contributed by atoms with E-state index in [-0.39, 0.29) is 5.56 Å². The van der Waals surface area contributed by atoms with Crippen LogP contribution in [0.5, 0.6) is 5.75 Å². The van der Waals surface area contributed by atoms with Gasteiger partial charge in [0.05, 0.1) is 21.6 Å². The van der Waals surface area contributed by atoms with Gasteiger partial charge in [-0.3, -0.25) is 4.79 Å². The molecule has 1 heterocycles. The minimum atomic E-state index is -0.184. The lowest BCUT2D eigenvalue weighted by molar-refractivity contribution is 0.361. The highest BCUT2D eigenvalue weighted by atomic mass is 79.9. The maximum atomic E-state index is 13.0. The van der Waals surface area contributed by atoms with Gasteiger partial charge in [-0.25, -0.2) is 4.98 Å². The number of benzene rings is 2. The predicted octanol–water partition coefficient (Wildman–Crippen LogP) is 5.32. The van der Waals surface area contributed by atoms with Gasteiger partial charge in [0.25, 0.3) is 5.56 Å². The number of nitrogens with zero attached hydrogens (tertiary/aromatic N) is 3. The molecular formula is C21H19Br2N3O2. The third kappa shape index (κ3) is 4.59. The Kier molecular flexibility index (Phi) is 6.80. The lowest BCUT2D eigenvalue weighted by Crippen LogP contribution is -2.22. The Labute approximate surface area is 180 Å². The normalized spacial score (nSPS) is 11.2. The molecule has 0 bridgehead atoms. The van der Waals surface area contributed by atoms with Gasteiger partial charge in [0.2, 0.25) is 0 Å². The summed E-state index contributed by atoms with van der Waals surface area (Å²) in [4.78, 5) is 17.6. The largest absolute Gasteiger partial charge is 0.488 e. The lowest BCUT2D eigenvalue weighted by Gasteiger charge is -2.09. The molecule has 0 unspecified atom stereocenters. The number of hydrogen-bond acceptors (Lipinski definition) is 4. The van der Waals surface area contributed by atoms with Crippen LogP contribution in [0.25, 0.3) is 10.9 Å². The van der Waals surface area contributed by atoms with Gasteiger partial charge in [-0.15, -0.1) is 0 Å². The number of ether oxygens (including phenoxy) is 1. The van der Waals surface area contributed by atoms with Crippen molar-refractivity contribution in [2.45, 2.75) is 19.8 Å². The molecule has 0 aliphatic rings. The van der Waals surface area contributed by atoms with Crippen LogP contribution in [0.15, 0.2) is 67.9 Å². The average molecular weight is 505 g/mol. The highest BCUT2D eigenvalue weighted by Crippen LogP contribution is 2.25. The van der Waals surface area contributed by atoms with E-state index in [0.717, 1.165) is 26.7 Å². The zero-order chi connectivity index (χ0) is 20.1. The summed E-state index contributed by atoms with van der Waals surface area (Å²) in [6.45, 7) is 6.12. The molecule has 3 rings (SSSR count). The third-order valence-electron chi connectivity index (χ3n) is 3.98. The van der Waals surface area contributed by atoms with E-state index in [1.807, 2.05) is 37.3 Å². The van der Waals surface area contributed by atoms with Crippen LogP contribution in [0.1, 0.15) is 24.7 Å². The second kappa shape index (κ2) is 9.30. The summed E-state index contributed by atoms with van der Waals surface area (Å²) in [5.74, 6) is 1.36. The molecule has 144 valence electrons. The number of rotatable bonds is 7. The highest BCUT2D eigenvalue weighted by Gasteiger charge is 2.10. The summed E-state index contributed by atoms with van der Waals surface area (Å²) in [5.41, 5.74) is 1.33. The first-order valence-corrected chi connectivity index (χ1v) is 10.4. The summed E-state index contributed by atoms with van der Waals surface area (Å²) in [6, 6.07) is 11.1. The van der Waals surface area contributed by atoms with Crippen molar-refractivity contribution >= 4 is 49.0 Å². The van der Waals surface area contributed by atoms with Crippen LogP contribution in [-0.2, 0) is 6.42 Å². The van der Waals surface area contributed by atoms with Crippen LogP contribution in [0.3, 0.4) is 0 Å². The Balaban J connectivity index is 2.02. The first kappa shape index (κ1) is 20.5. The van der Waals surface area contributed by atoms with Gasteiger partial charge in [0.15, 0.2) is 0 Å². The minimum absolute atomic E-state index is 0.184. The standard InChI is InChI=1S/C21H19Br2N3O2/c1-3-5-20-25-18-8-7-15(22)12-16(18)21(27)26(20)24-13-14-6-9-19(17(23)11-14)28-10-4-2/h4,6-9,11-13H,2-3,5,10H2,1H3. The summed E-state index contributed by atoms with van der Waals surface area (Å²) in [5, 5.41) is 4.96. The molecule has 0 aliphatic heterocycles. The second-order valence-corrected chi connectivity index (χ2v) is 7.86. The molecule has 0 atom stereocenters. The molecule has 7 heteroatoms. The number of hydrogen-bond donors (Lipinski definition) is 0. The number of aromatic nitrogens is 2. The summed E-state index contributed by atoms with van der Waals surface area (Å²) in [7, 11) is 0. The van der Waals surface area contributed by atoms with E-state index in [9.17, 15) is 4.79 Å². The van der Waals surface area contributed by atoms with Crippen LogP contribution in [0, 0.1) is 0 Å². The van der Waals surface area contributed by atoms with Crippen LogP contribution in [-0.4, -0.2) is 22.5 Å². The van der Waals surface area contributed by atoms with E-state index in [0.29, 0.717) is 29.8 Å². The van der Waals surface area contributed by atoms with Gasteiger partial charge < -0.3 is 4.74 Å². The lowest BCUT2D eigenvalue weighted by atomic mass is 10.2. The number of aryl methyl sites for hydroxylation is 1. The Morgan fingerprint density at radius 3 is 2.79 bits per heavy atom. The van der Waals surface area contributed by atoms with Crippen molar-refractivity contribution in [2.75, 3.05) is 6.61 Å². The Hall–Kier alpha value is -2.25. The van der Waals surface area contributed by atoms with E-state index >= 15 is 0 Å². The number of fused-ring (bicyclic) bond motifs is 1. The zero-order valence-corrected chi connectivity index (χ0v) is 18.5. The van der Waals surface area contributed by atoms with Crippen molar-refractivity contribution in [3.63, 3.8) is 0 Å². The molecule has 0 spiro atoms. The van der Waals surface area contributed by atoms with Gasteiger partial charge in [-0.1, -0.05) is 35.5 Å². The van der Waals surface area contributed by atoms with Crippen LogP contribution < -0.4 is 10.3 Å². The van der Waals surface area contributed by atoms with E-state index in [1.165, 1.54) is 4.68 Å². The van der Waals surface area contributed by atoms with Crippen molar-refractivity contribution in [3.05, 3.63) is 79.7 Å². The third-order valence-corrected chi connectivity index (χ3v) is 5.10. The number of halogens is 2. The molecule has 2 aromatic carbocycles. The van der Waals surface area contributed by atoms with Crippen LogP contribution >= 0.6 is 31.9 Å². The maximum absolute atomic E-state index is 13.0. The van der Waals surface area contributed by atoms with Gasteiger partial charge in [0, 0.05) is 10.9 Å². The van der Waals surface area contributed by atoms with Crippen molar-refractivity contribution in [1.82, 2.24) is 9.66 Å². The SMILES string of the molecule is C=CCOc1ccc(C=Nn2c(CCC)nc3ccc(Br)cc3c2=O)cc1Br. The molecule has 0 saturated carbocycles. The monoisotopic (exact) mass is 503 g/mol. The van der Waals surface area contributed by atoms with Gasteiger partial charge in [0.1, 0.15) is 18.2 Å². The smallest absolute Gasteiger partial charge is 0.282 e. The van der Waals surface area contributed by atoms with E-state index in [4.69, 9.17) is 4.74 Å². The van der Waals surface area contributed by atoms with Crippen LogP contribution in [0.4, 0.5) is 0 Å². The van der Waals surface area contributed by atoms with E-state index in [2.05, 4.69) is 48.5 Å². The topological polar surface area (TPSA) is 56.5 Å². The quantitative estimate of drug-likeness (QED) is 0.323. The molecule has 5 nitrogen and oxygen atoms in total. The zero-order valence-electron chi connectivity index (χ0n) is 15.4. The molecule has 0 fully saturated rings. The Morgan fingerprint density at radius 2 is 2.07 bits per heavy atom. The van der Waals surface area contributed by atoms with Crippen molar-refractivity contribution in [3.8, 4) is 5.75 Å². The maximum Gasteiger partial charge on any atom is 0.282 e. The fourth-order valence-electron chi connectivity index (χ4n) is 2.69. The first-order chi connectivity index (χ1) is 13.5. The molecule has 0 aliphatic carbocycles. The first-order valence-electron chi connectivity index (χ1n) is 8.82. The highest BCUT2D eigenvalue weighted by molar-refractivity contribution is 9.10.